The van der Waals surface area contributed by atoms with Crippen LogP contribution < -0.4 is 10.6 Å². The van der Waals surface area contributed by atoms with Gasteiger partial charge in [-0.2, -0.15) is 0 Å². The second kappa shape index (κ2) is 6.20. The van der Waals surface area contributed by atoms with Crippen molar-refractivity contribution in [1.29, 1.82) is 0 Å². The number of rotatable bonds is 3. The van der Waals surface area contributed by atoms with Gasteiger partial charge in [-0.15, -0.1) is 0 Å². The van der Waals surface area contributed by atoms with E-state index in [0.717, 1.165) is 11.1 Å². The molecule has 0 bridgehead atoms. The Balaban J connectivity index is 1.90. The number of amides is 2. The molecule has 0 saturated carbocycles. The quantitative estimate of drug-likeness (QED) is 0.844. The molecule has 1 aromatic carbocycles. The van der Waals surface area contributed by atoms with Gasteiger partial charge in [-0.05, 0) is 24.6 Å². The van der Waals surface area contributed by atoms with Gasteiger partial charge < -0.3 is 10.6 Å². The molecule has 4 nitrogen and oxygen atoms in total. The highest BCUT2D eigenvalue weighted by atomic mass is 35.5. The first-order chi connectivity index (χ1) is 9.15. The van der Waals surface area contributed by atoms with Gasteiger partial charge in [0.1, 0.15) is 0 Å². The molecule has 0 fully saturated rings. The molecule has 19 heavy (non-hydrogen) atoms. The van der Waals surface area contributed by atoms with Crippen molar-refractivity contribution in [1.82, 2.24) is 10.3 Å². The molecule has 1 aromatic heterocycles. The maximum Gasteiger partial charge on any atom is 0.319 e. The fraction of sp³-hybridized carbons (Fsp3) is 0.143. The monoisotopic (exact) mass is 275 g/mol. The predicted octanol–water partition coefficient (Wildman–Crippen LogP) is 3.37. The second-order valence-corrected chi connectivity index (χ2v) is 4.50. The summed E-state index contributed by atoms with van der Waals surface area (Å²) in [6.45, 7) is 2.48. The molecule has 0 spiro atoms. The Morgan fingerprint density at radius 1 is 1.32 bits per heavy atom. The van der Waals surface area contributed by atoms with Crippen molar-refractivity contribution in [3.63, 3.8) is 0 Å². The summed E-state index contributed by atoms with van der Waals surface area (Å²) in [4.78, 5) is 15.6. The second-order valence-electron chi connectivity index (χ2n) is 4.14. The van der Waals surface area contributed by atoms with Gasteiger partial charge in [0.25, 0.3) is 0 Å². The molecule has 2 N–H and O–H groups in total. The highest BCUT2D eigenvalue weighted by Gasteiger charge is 2.05. The summed E-state index contributed by atoms with van der Waals surface area (Å²) < 4.78 is 0. The maximum absolute atomic E-state index is 11.7. The minimum atomic E-state index is -0.309. The molecule has 1 heterocycles. The van der Waals surface area contributed by atoms with E-state index in [9.17, 15) is 4.79 Å². The van der Waals surface area contributed by atoms with Crippen LogP contribution in [0.3, 0.4) is 0 Å². The van der Waals surface area contributed by atoms with Crippen LogP contribution in [0.25, 0.3) is 0 Å². The third kappa shape index (κ3) is 3.96. The minimum Gasteiger partial charge on any atom is -0.334 e. The van der Waals surface area contributed by atoms with Gasteiger partial charge in [-0.3, -0.25) is 0 Å². The standard InChI is InChI=1S/C14H14ClN3O/c1-10-4-2-5-11(8-10)9-17-14(19)18-12-6-3-7-16-13(12)15/h2-8H,9H2,1H3,(H2,17,18,19). The number of aromatic nitrogens is 1. The molecule has 0 aliphatic heterocycles. The third-order valence-corrected chi connectivity index (χ3v) is 2.84. The fourth-order valence-electron chi connectivity index (χ4n) is 1.65. The molecule has 2 amide bonds. The summed E-state index contributed by atoms with van der Waals surface area (Å²) in [7, 11) is 0. The van der Waals surface area contributed by atoms with Gasteiger partial charge >= 0.3 is 6.03 Å². The summed E-state index contributed by atoms with van der Waals surface area (Å²) in [6, 6.07) is 11.1. The van der Waals surface area contributed by atoms with Gasteiger partial charge in [0, 0.05) is 12.7 Å². The number of urea groups is 1. The van der Waals surface area contributed by atoms with Crippen LogP contribution >= 0.6 is 11.6 Å². The molecule has 0 aliphatic rings. The van der Waals surface area contributed by atoms with E-state index in [1.54, 1.807) is 18.3 Å². The predicted molar refractivity (Wildman–Crippen MR) is 76.3 cm³/mol. The Labute approximate surface area is 116 Å². The van der Waals surface area contributed by atoms with Crippen molar-refractivity contribution in [3.8, 4) is 0 Å². The molecule has 2 rings (SSSR count). The van der Waals surface area contributed by atoms with Crippen molar-refractivity contribution >= 4 is 23.3 Å². The summed E-state index contributed by atoms with van der Waals surface area (Å²) >= 11 is 5.85. The summed E-state index contributed by atoms with van der Waals surface area (Å²) in [5.41, 5.74) is 2.70. The van der Waals surface area contributed by atoms with E-state index in [4.69, 9.17) is 11.6 Å². The number of hydrogen-bond acceptors (Lipinski definition) is 2. The number of hydrogen-bond donors (Lipinski definition) is 2. The Bertz CT molecular complexity index is 586. The third-order valence-electron chi connectivity index (χ3n) is 2.54. The lowest BCUT2D eigenvalue weighted by atomic mass is 10.1. The number of aryl methyl sites for hydroxylation is 1. The number of halogens is 1. The van der Waals surface area contributed by atoms with E-state index in [1.807, 2.05) is 31.2 Å². The zero-order valence-corrected chi connectivity index (χ0v) is 11.2. The summed E-state index contributed by atoms with van der Waals surface area (Å²) in [5.74, 6) is 0. The van der Waals surface area contributed by atoms with Gasteiger partial charge in [0.05, 0.1) is 5.69 Å². The Morgan fingerprint density at radius 2 is 2.16 bits per heavy atom. The highest BCUT2D eigenvalue weighted by Crippen LogP contribution is 2.17. The van der Waals surface area contributed by atoms with Crippen LogP contribution in [0.1, 0.15) is 11.1 Å². The van der Waals surface area contributed by atoms with Crippen LogP contribution in [0.4, 0.5) is 10.5 Å². The van der Waals surface area contributed by atoms with E-state index in [1.165, 1.54) is 0 Å². The van der Waals surface area contributed by atoms with E-state index in [-0.39, 0.29) is 11.2 Å². The van der Waals surface area contributed by atoms with Crippen LogP contribution in [0.2, 0.25) is 5.15 Å². The zero-order chi connectivity index (χ0) is 13.7. The molecule has 0 atom stereocenters. The van der Waals surface area contributed by atoms with Crippen molar-refractivity contribution in [3.05, 3.63) is 58.9 Å². The lowest BCUT2D eigenvalue weighted by molar-refractivity contribution is 0.251. The Hall–Kier alpha value is -2.07. The maximum atomic E-state index is 11.7. The molecular formula is C14H14ClN3O. The molecular weight excluding hydrogens is 262 g/mol. The van der Waals surface area contributed by atoms with Crippen molar-refractivity contribution < 1.29 is 4.79 Å². The average Bonchev–Trinajstić information content (AvgIpc) is 2.39. The van der Waals surface area contributed by atoms with E-state index in [0.29, 0.717) is 12.2 Å². The number of nitrogens with one attached hydrogen (secondary N) is 2. The first-order valence-electron chi connectivity index (χ1n) is 5.86. The van der Waals surface area contributed by atoms with Crippen molar-refractivity contribution in [2.24, 2.45) is 0 Å². The largest absolute Gasteiger partial charge is 0.334 e. The van der Waals surface area contributed by atoms with E-state index < -0.39 is 0 Å². The number of carbonyl (C=O) groups is 1. The number of carbonyl (C=O) groups excluding carboxylic acids is 1. The van der Waals surface area contributed by atoms with Crippen molar-refractivity contribution in [2.45, 2.75) is 13.5 Å². The molecule has 0 saturated heterocycles. The van der Waals surface area contributed by atoms with Gasteiger partial charge in [-0.25, -0.2) is 9.78 Å². The number of nitrogens with zero attached hydrogens (tertiary/aromatic N) is 1. The smallest absolute Gasteiger partial charge is 0.319 e. The first kappa shape index (κ1) is 13.4. The molecule has 5 heteroatoms. The topological polar surface area (TPSA) is 54.0 Å². The number of pyridine rings is 1. The summed E-state index contributed by atoms with van der Waals surface area (Å²) in [6.07, 6.45) is 1.57. The molecule has 98 valence electrons. The van der Waals surface area contributed by atoms with Gasteiger partial charge in [0.15, 0.2) is 5.15 Å². The Morgan fingerprint density at radius 3 is 2.89 bits per heavy atom. The fourth-order valence-corrected chi connectivity index (χ4v) is 1.82. The molecule has 0 radical (unpaired) electrons. The average molecular weight is 276 g/mol. The van der Waals surface area contributed by atoms with Gasteiger partial charge in [-0.1, -0.05) is 41.4 Å². The van der Waals surface area contributed by atoms with Crippen LogP contribution in [0.15, 0.2) is 42.6 Å². The lowest BCUT2D eigenvalue weighted by Crippen LogP contribution is -2.28. The van der Waals surface area contributed by atoms with E-state index >= 15 is 0 Å². The lowest BCUT2D eigenvalue weighted by Gasteiger charge is -2.08. The van der Waals surface area contributed by atoms with Crippen LogP contribution in [0, 0.1) is 6.92 Å². The molecule has 0 aliphatic carbocycles. The number of benzene rings is 1. The highest BCUT2D eigenvalue weighted by molar-refractivity contribution is 6.32. The van der Waals surface area contributed by atoms with Crippen LogP contribution in [-0.4, -0.2) is 11.0 Å². The zero-order valence-electron chi connectivity index (χ0n) is 10.5. The van der Waals surface area contributed by atoms with Gasteiger partial charge in [0.2, 0.25) is 0 Å². The van der Waals surface area contributed by atoms with Crippen LogP contribution in [0.5, 0.6) is 0 Å². The Kier molecular flexibility index (Phi) is 4.36. The minimum absolute atomic E-state index is 0.271. The first-order valence-corrected chi connectivity index (χ1v) is 6.24. The molecule has 2 aromatic rings. The van der Waals surface area contributed by atoms with E-state index in [2.05, 4.69) is 15.6 Å². The molecule has 0 unspecified atom stereocenters. The summed E-state index contributed by atoms with van der Waals surface area (Å²) in [5, 5.41) is 5.69. The normalized spacial score (nSPS) is 10.0. The van der Waals surface area contributed by atoms with Crippen molar-refractivity contribution in [2.75, 3.05) is 5.32 Å². The van der Waals surface area contributed by atoms with Crippen LogP contribution in [-0.2, 0) is 6.54 Å². The number of anilines is 1. The SMILES string of the molecule is Cc1cccc(CNC(=O)Nc2cccnc2Cl)c1.